The van der Waals surface area contributed by atoms with Crippen molar-refractivity contribution in [1.29, 1.82) is 0 Å². The summed E-state index contributed by atoms with van der Waals surface area (Å²) in [5, 5.41) is 13.0. The molecular weight excluding hydrogens is 378 g/mol. The van der Waals surface area contributed by atoms with E-state index in [-0.39, 0.29) is 0 Å². The molecule has 2 aliphatic heterocycles. The van der Waals surface area contributed by atoms with Crippen LogP contribution in [0.3, 0.4) is 0 Å². The Morgan fingerprint density at radius 3 is 2.83 bits per heavy atom. The number of aromatic nitrogens is 2. The molecule has 4 rings (SSSR count). The maximum Gasteiger partial charge on any atom is 0.312 e. The van der Waals surface area contributed by atoms with Gasteiger partial charge in [-0.05, 0) is 55.9 Å². The van der Waals surface area contributed by atoms with E-state index in [1.165, 1.54) is 17.7 Å². The Morgan fingerprint density at radius 2 is 1.93 bits per heavy atom. The molecule has 30 heavy (non-hydrogen) atoms. The summed E-state index contributed by atoms with van der Waals surface area (Å²) >= 11 is 0. The Balaban J connectivity index is 1.17. The van der Waals surface area contributed by atoms with Crippen LogP contribution >= 0.6 is 0 Å². The summed E-state index contributed by atoms with van der Waals surface area (Å²) in [4.78, 5) is 21.0. The monoisotopic (exact) mass is 409 g/mol. The predicted molar refractivity (Wildman–Crippen MR) is 116 cm³/mol. The first kappa shape index (κ1) is 20.6. The Bertz CT molecular complexity index is 884. The van der Waals surface area contributed by atoms with Crippen LogP contribution in [-0.4, -0.2) is 34.2 Å². The van der Waals surface area contributed by atoms with Crippen molar-refractivity contribution in [2.45, 2.75) is 70.1 Å². The highest BCUT2D eigenvalue weighted by molar-refractivity contribution is 5.75. The van der Waals surface area contributed by atoms with Gasteiger partial charge in [-0.3, -0.25) is 9.78 Å². The molecule has 0 radical (unpaired) electrons. The first-order chi connectivity index (χ1) is 14.7. The number of aryl methyl sites for hydroxylation is 2. The van der Waals surface area contributed by atoms with Crippen LogP contribution in [0.4, 0.5) is 5.82 Å². The third-order valence-electron chi connectivity index (χ3n) is 6.08. The Kier molecular flexibility index (Phi) is 6.82. The second-order valence-corrected chi connectivity index (χ2v) is 8.32. The molecule has 6 nitrogen and oxygen atoms in total. The average molecular weight is 410 g/mol. The summed E-state index contributed by atoms with van der Waals surface area (Å²) in [5.41, 5.74) is 4.06. The summed E-state index contributed by atoms with van der Waals surface area (Å²) in [7, 11) is 0. The molecule has 0 aliphatic carbocycles. The fourth-order valence-corrected chi connectivity index (χ4v) is 4.36. The Labute approximate surface area is 178 Å². The van der Waals surface area contributed by atoms with Crippen molar-refractivity contribution in [3.05, 3.63) is 46.9 Å². The number of nitrogens with one attached hydrogen (secondary N) is 1. The zero-order valence-corrected chi connectivity index (χ0v) is 17.5. The number of anilines is 1. The van der Waals surface area contributed by atoms with E-state index in [1.807, 2.05) is 12.1 Å². The highest BCUT2D eigenvalue weighted by Crippen LogP contribution is 2.28. The average Bonchev–Trinajstić information content (AvgIpc) is 3.23. The van der Waals surface area contributed by atoms with Crippen molar-refractivity contribution >= 4 is 11.8 Å². The highest BCUT2D eigenvalue weighted by Gasteiger charge is 2.23. The summed E-state index contributed by atoms with van der Waals surface area (Å²) in [5.74, 6) is 0.564. The predicted octanol–water partition coefficient (Wildman–Crippen LogP) is 4.52. The van der Waals surface area contributed by atoms with E-state index in [4.69, 9.17) is 9.72 Å². The van der Waals surface area contributed by atoms with Crippen molar-refractivity contribution in [3.63, 3.8) is 0 Å². The van der Waals surface area contributed by atoms with Gasteiger partial charge in [-0.1, -0.05) is 31.7 Å². The number of unbranched alkanes of at least 4 members (excludes halogenated alkanes) is 4. The lowest BCUT2D eigenvalue weighted by Crippen LogP contribution is -2.14. The zero-order valence-electron chi connectivity index (χ0n) is 17.5. The maximum atomic E-state index is 11.7. The van der Waals surface area contributed by atoms with Gasteiger partial charge in [0.15, 0.2) is 0 Å². The van der Waals surface area contributed by atoms with Gasteiger partial charge < -0.3 is 15.2 Å². The van der Waals surface area contributed by atoms with Crippen LogP contribution < -0.4 is 10.1 Å². The molecule has 2 aromatic rings. The Hall–Kier alpha value is -2.63. The van der Waals surface area contributed by atoms with Gasteiger partial charge in [-0.25, -0.2) is 4.98 Å². The summed E-state index contributed by atoms with van der Waals surface area (Å²) in [6.07, 6.45) is 10.1. The molecule has 0 saturated carbocycles. The van der Waals surface area contributed by atoms with Crippen LogP contribution in [0.25, 0.3) is 0 Å². The van der Waals surface area contributed by atoms with Gasteiger partial charge in [0, 0.05) is 18.7 Å². The van der Waals surface area contributed by atoms with Crippen molar-refractivity contribution in [1.82, 2.24) is 9.97 Å². The smallest absolute Gasteiger partial charge is 0.312 e. The molecule has 2 aliphatic rings. The third-order valence-corrected chi connectivity index (χ3v) is 6.08. The molecular formula is C24H31N3O3. The number of hydrogen-bond donors (Lipinski definition) is 2. The van der Waals surface area contributed by atoms with E-state index in [2.05, 4.69) is 22.4 Å². The standard InChI is InChI=1S/C24H31N3O3/c28-24(29)19(20-12-13-22-21(27-20)14-16-30-22)9-5-3-1-2-4-8-18-11-10-17-7-6-15-25-23(17)26-18/h10-13,19H,1-9,14-16H2,(H,25,26)(H,28,29)/t19-/m0/s1. The number of hydrogen-bond acceptors (Lipinski definition) is 5. The van der Waals surface area contributed by atoms with E-state index in [9.17, 15) is 9.90 Å². The van der Waals surface area contributed by atoms with Crippen LogP contribution in [0.2, 0.25) is 0 Å². The Morgan fingerprint density at radius 1 is 1.07 bits per heavy atom. The van der Waals surface area contributed by atoms with Crippen LogP contribution in [0.15, 0.2) is 24.3 Å². The number of pyridine rings is 2. The SMILES string of the molecule is O=C(O)[C@@H](CCCCCCCc1ccc2c(n1)NCCC2)c1ccc2c(n1)CCO2. The maximum absolute atomic E-state index is 11.7. The minimum Gasteiger partial charge on any atom is -0.491 e. The minimum absolute atomic E-state index is 0.525. The number of carboxylic acid groups (broad SMARTS) is 1. The summed E-state index contributed by atoms with van der Waals surface area (Å²) in [6.45, 7) is 1.66. The molecule has 4 heterocycles. The fraction of sp³-hybridized carbons (Fsp3) is 0.542. The number of aliphatic carboxylic acids is 1. The topological polar surface area (TPSA) is 84.3 Å². The first-order valence-corrected chi connectivity index (χ1v) is 11.3. The lowest BCUT2D eigenvalue weighted by molar-refractivity contribution is -0.139. The quantitative estimate of drug-likeness (QED) is 0.561. The number of carboxylic acids is 1. The molecule has 0 aromatic carbocycles. The third kappa shape index (κ3) is 5.10. The molecule has 0 amide bonds. The van der Waals surface area contributed by atoms with Crippen molar-refractivity contribution < 1.29 is 14.6 Å². The summed E-state index contributed by atoms with van der Waals surface area (Å²) < 4.78 is 5.47. The number of nitrogens with zero attached hydrogens (tertiary/aromatic N) is 2. The molecule has 1 atom stereocenters. The second kappa shape index (κ2) is 9.92. The molecule has 160 valence electrons. The van der Waals surface area contributed by atoms with Crippen molar-refractivity contribution in [3.8, 4) is 5.75 Å². The van der Waals surface area contributed by atoms with Gasteiger partial charge in [-0.15, -0.1) is 0 Å². The van der Waals surface area contributed by atoms with Gasteiger partial charge >= 0.3 is 5.97 Å². The van der Waals surface area contributed by atoms with Crippen LogP contribution in [0, 0.1) is 0 Å². The number of ether oxygens (including phenoxy) is 1. The van der Waals surface area contributed by atoms with E-state index < -0.39 is 11.9 Å². The molecule has 0 bridgehead atoms. The van der Waals surface area contributed by atoms with E-state index >= 15 is 0 Å². The number of fused-ring (bicyclic) bond motifs is 2. The molecule has 2 N–H and O–H groups in total. The van der Waals surface area contributed by atoms with Crippen LogP contribution in [0.1, 0.15) is 73.5 Å². The van der Waals surface area contributed by atoms with Gasteiger partial charge in [-0.2, -0.15) is 0 Å². The van der Waals surface area contributed by atoms with Gasteiger partial charge in [0.25, 0.3) is 0 Å². The molecule has 6 heteroatoms. The molecule has 0 fully saturated rings. The molecule has 0 unspecified atom stereocenters. The van der Waals surface area contributed by atoms with Gasteiger partial charge in [0.05, 0.1) is 23.9 Å². The molecule has 0 spiro atoms. The molecule has 0 saturated heterocycles. The van der Waals surface area contributed by atoms with Gasteiger partial charge in [0.2, 0.25) is 0 Å². The number of rotatable bonds is 10. The minimum atomic E-state index is -0.784. The fourth-order valence-electron chi connectivity index (χ4n) is 4.36. The van der Waals surface area contributed by atoms with E-state index in [0.29, 0.717) is 18.7 Å². The number of carbonyl (C=O) groups is 1. The van der Waals surface area contributed by atoms with Crippen LogP contribution in [0.5, 0.6) is 5.75 Å². The van der Waals surface area contributed by atoms with Crippen LogP contribution in [-0.2, 0) is 24.1 Å². The largest absolute Gasteiger partial charge is 0.491 e. The molecule has 2 aromatic heterocycles. The normalized spacial score (nSPS) is 15.6. The zero-order chi connectivity index (χ0) is 20.8. The van der Waals surface area contributed by atoms with E-state index in [1.54, 1.807) is 0 Å². The first-order valence-electron chi connectivity index (χ1n) is 11.3. The lowest BCUT2D eigenvalue weighted by atomic mass is 9.96. The second-order valence-electron chi connectivity index (χ2n) is 8.32. The highest BCUT2D eigenvalue weighted by atomic mass is 16.5. The van der Waals surface area contributed by atoms with Crippen molar-refractivity contribution in [2.75, 3.05) is 18.5 Å². The van der Waals surface area contributed by atoms with E-state index in [0.717, 1.165) is 75.2 Å². The van der Waals surface area contributed by atoms with Crippen molar-refractivity contribution in [2.24, 2.45) is 0 Å². The van der Waals surface area contributed by atoms with Gasteiger partial charge in [0.1, 0.15) is 11.6 Å². The lowest BCUT2D eigenvalue weighted by Gasteiger charge is -2.17. The summed E-state index contributed by atoms with van der Waals surface area (Å²) in [6, 6.07) is 8.06.